The molecule has 0 aliphatic carbocycles. The lowest BCUT2D eigenvalue weighted by molar-refractivity contribution is 0.511. The molecule has 78 valence electrons. The molecule has 1 heterocycles. The molecule has 1 atom stereocenters. The van der Waals surface area contributed by atoms with Gasteiger partial charge in [0.05, 0.1) is 0 Å². The van der Waals surface area contributed by atoms with Gasteiger partial charge in [0.25, 0.3) is 0 Å². The highest BCUT2D eigenvalue weighted by Crippen LogP contribution is 2.21. The van der Waals surface area contributed by atoms with E-state index in [0.29, 0.717) is 11.7 Å². The molecule has 0 bridgehead atoms. The molecular weight excluding hydrogens is 200 g/mol. The monoisotopic (exact) mass is 214 g/mol. The first-order chi connectivity index (χ1) is 6.79. The Bertz CT molecular complexity index is 279. The van der Waals surface area contributed by atoms with E-state index in [2.05, 4.69) is 10.4 Å². The van der Waals surface area contributed by atoms with E-state index in [1.807, 2.05) is 12.1 Å². The lowest BCUT2D eigenvalue weighted by Gasteiger charge is -2.16. The number of pyridine rings is 1. The van der Waals surface area contributed by atoms with E-state index >= 15 is 0 Å². The number of hydrazine groups is 1. The van der Waals surface area contributed by atoms with E-state index in [1.165, 1.54) is 0 Å². The average molecular weight is 215 g/mol. The summed E-state index contributed by atoms with van der Waals surface area (Å²) in [7, 11) is 0. The van der Waals surface area contributed by atoms with Crippen LogP contribution in [0.5, 0.6) is 0 Å². The molecule has 0 aliphatic rings. The van der Waals surface area contributed by atoms with Gasteiger partial charge in [0.15, 0.2) is 0 Å². The normalized spacial score (nSPS) is 12.7. The van der Waals surface area contributed by atoms with Crippen molar-refractivity contribution >= 4 is 17.4 Å². The minimum Gasteiger partial charge on any atom is -0.383 e. The molecule has 1 unspecified atom stereocenters. The third kappa shape index (κ3) is 2.83. The number of nitrogens with two attached hydrogens (primary N) is 2. The average Bonchev–Trinajstić information content (AvgIpc) is 2.21. The van der Waals surface area contributed by atoms with Crippen molar-refractivity contribution < 1.29 is 0 Å². The molecule has 4 nitrogen and oxygen atoms in total. The largest absolute Gasteiger partial charge is 0.383 e. The van der Waals surface area contributed by atoms with Crippen molar-refractivity contribution in [2.24, 2.45) is 5.84 Å². The molecule has 0 radical (unpaired) electrons. The Balaban J connectivity index is 2.73. The third-order valence-corrected chi connectivity index (χ3v) is 2.34. The zero-order valence-electron chi connectivity index (χ0n) is 7.91. The molecule has 1 aromatic heterocycles. The molecule has 0 saturated heterocycles. The van der Waals surface area contributed by atoms with Crippen molar-refractivity contribution in [3.05, 3.63) is 23.9 Å². The molecule has 0 aliphatic heterocycles. The molecule has 0 amide bonds. The van der Waals surface area contributed by atoms with E-state index in [4.69, 9.17) is 23.2 Å². The van der Waals surface area contributed by atoms with Crippen LogP contribution >= 0.6 is 11.6 Å². The van der Waals surface area contributed by atoms with E-state index in [1.54, 1.807) is 6.20 Å². The van der Waals surface area contributed by atoms with Gasteiger partial charge in [0.2, 0.25) is 0 Å². The van der Waals surface area contributed by atoms with E-state index in [0.717, 1.165) is 18.4 Å². The van der Waals surface area contributed by atoms with E-state index < -0.39 is 0 Å². The second-order valence-electron chi connectivity index (χ2n) is 3.03. The lowest BCUT2D eigenvalue weighted by Crippen LogP contribution is -2.28. The van der Waals surface area contributed by atoms with Crippen LogP contribution in [0.4, 0.5) is 5.82 Å². The fraction of sp³-hybridized carbons (Fsp3) is 0.444. The molecule has 5 heteroatoms. The summed E-state index contributed by atoms with van der Waals surface area (Å²) < 4.78 is 0. The zero-order chi connectivity index (χ0) is 10.4. The first-order valence-corrected chi connectivity index (χ1v) is 5.05. The topological polar surface area (TPSA) is 77.0 Å². The van der Waals surface area contributed by atoms with Crippen LogP contribution < -0.4 is 17.0 Å². The van der Waals surface area contributed by atoms with Crippen LogP contribution in [0.3, 0.4) is 0 Å². The lowest BCUT2D eigenvalue weighted by atomic mass is 10.0. The molecule has 5 N–H and O–H groups in total. The number of halogens is 1. The summed E-state index contributed by atoms with van der Waals surface area (Å²) >= 11 is 5.61. The van der Waals surface area contributed by atoms with Gasteiger partial charge in [-0.3, -0.25) is 11.3 Å². The fourth-order valence-electron chi connectivity index (χ4n) is 1.33. The van der Waals surface area contributed by atoms with Gasteiger partial charge in [-0.15, -0.1) is 11.6 Å². The van der Waals surface area contributed by atoms with E-state index in [9.17, 15) is 0 Å². The standard InChI is InChI=1S/C9H15ClN4/c10-5-1-4-8(14-12)7-3-2-6-13-9(7)11/h2-3,6,8,14H,1,4-5,12H2,(H2,11,13). The molecule has 1 aromatic rings. The van der Waals surface area contributed by atoms with Gasteiger partial charge in [-0.25, -0.2) is 4.98 Å². The second-order valence-corrected chi connectivity index (χ2v) is 3.41. The van der Waals surface area contributed by atoms with Crippen LogP contribution in [0.25, 0.3) is 0 Å². The summed E-state index contributed by atoms with van der Waals surface area (Å²) in [5.74, 6) is 6.58. The molecule has 0 aromatic carbocycles. The highest BCUT2D eigenvalue weighted by Gasteiger charge is 2.12. The van der Waals surface area contributed by atoms with Gasteiger partial charge in [-0.1, -0.05) is 6.07 Å². The Kier molecular flexibility index (Phi) is 4.65. The molecule has 0 spiro atoms. The quantitative estimate of drug-likeness (QED) is 0.391. The minimum absolute atomic E-state index is 0.0300. The Morgan fingerprint density at radius 1 is 1.57 bits per heavy atom. The van der Waals surface area contributed by atoms with Crippen LogP contribution in [0.15, 0.2) is 18.3 Å². The van der Waals surface area contributed by atoms with Crippen LogP contribution in [0, 0.1) is 0 Å². The van der Waals surface area contributed by atoms with Gasteiger partial charge < -0.3 is 5.73 Å². The number of anilines is 1. The molecule has 14 heavy (non-hydrogen) atoms. The summed E-state index contributed by atoms with van der Waals surface area (Å²) in [4.78, 5) is 4.01. The Morgan fingerprint density at radius 2 is 2.36 bits per heavy atom. The predicted octanol–water partition coefficient (Wildman–Crippen LogP) is 1.19. The SMILES string of the molecule is NNC(CCCCl)c1cccnc1N. The predicted molar refractivity (Wildman–Crippen MR) is 58.7 cm³/mol. The van der Waals surface area contributed by atoms with Crippen LogP contribution in [0.2, 0.25) is 0 Å². The second kappa shape index (κ2) is 5.80. The number of hydrogen-bond acceptors (Lipinski definition) is 4. The smallest absolute Gasteiger partial charge is 0.128 e. The number of alkyl halides is 1. The maximum absolute atomic E-state index is 5.73. The maximum Gasteiger partial charge on any atom is 0.128 e. The van der Waals surface area contributed by atoms with Crippen molar-refractivity contribution in [3.8, 4) is 0 Å². The Morgan fingerprint density at radius 3 is 2.93 bits per heavy atom. The van der Waals surface area contributed by atoms with Crippen molar-refractivity contribution in [2.75, 3.05) is 11.6 Å². The summed E-state index contributed by atoms with van der Waals surface area (Å²) in [5.41, 5.74) is 9.38. The highest BCUT2D eigenvalue weighted by molar-refractivity contribution is 6.17. The number of nitrogens with zero attached hydrogens (tertiary/aromatic N) is 1. The van der Waals surface area contributed by atoms with Crippen LogP contribution in [-0.4, -0.2) is 10.9 Å². The van der Waals surface area contributed by atoms with Crippen molar-refractivity contribution in [1.82, 2.24) is 10.4 Å². The first-order valence-electron chi connectivity index (χ1n) is 4.52. The minimum atomic E-state index is 0.0300. The summed E-state index contributed by atoms with van der Waals surface area (Å²) in [6.07, 6.45) is 3.41. The fourth-order valence-corrected chi connectivity index (χ4v) is 1.49. The Hall–Kier alpha value is -0.840. The zero-order valence-corrected chi connectivity index (χ0v) is 8.67. The van der Waals surface area contributed by atoms with Gasteiger partial charge in [-0.05, 0) is 18.9 Å². The van der Waals surface area contributed by atoms with Gasteiger partial charge in [0, 0.05) is 23.7 Å². The molecule has 0 fully saturated rings. The van der Waals surface area contributed by atoms with Crippen LogP contribution in [-0.2, 0) is 0 Å². The summed E-state index contributed by atoms with van der Waals surface area (Å²) in [6, 6.07) is 3.79. The third-order valence-electron chi connectivity index (χ3n) is 2.07. The van der Waals surface area contributed by atoms with Crippen molar-refractivity contribution in [1.29, 1.82) is 0 Å². The maximum atomic E-state index is 5.73. The Labute approximate surface area is 88.6 Å². The van der Waals surface area contributed by atoms with Gasteiger partial charge in [-0.2, -0.15) is 0 Å². The number of aromatic nitrogens is 1. The van der Waals surface area contributed by atoms with Crippen molar-refractivity contribution in [2.45, 2.75) is 18.9 Å². The number of rotatable bonds is 5. The highest BCUT2D eigenvalue weighted by atomic mass is 35.5. The van der Waals surface area contributed by atoms with E-state index in [-0.39, 0.29) is 6.04 Å². The first kappa shape index (κ1) is 11.2. The van der Waals surface area contributed by atoms with Crippen LogP contribution in [0.1, 0.15) is 24.4 Å². The number of nitrogens with one attached hydrogen (secondary N) is 1. The molecule has 0 saturated carbocycles. The number of hydrogen-bond donors (Lipinski definition) is 3. The molecular formula is C9H15ClN4. The number of nitrogen functional groups attached to an aromatic ring is 1. The van der Waals surface area contributed by atoms with Crippen molar-refractivity contribution in [3.63, 3.8) is 0 Å². The summed E-state index contributed by atoms with van der Waals surface area (Å²) in [5, 5.41) is 0. The van der Waals surface area contributed by atoms with Gasteiger partial charge in [0.1, 0.15) is 5.82 Å². The van der Waals surface area contributed by atoms with Gasteiger partial charge >= 0.3 is 0 Å². The summed E-state index contributed by atoms with van der Waals surface area (Å²) in [6.45, 7) is 0. The molecule has 1 rings (SSSR count).